The largest absolute Gasteiger partial charge is 0.506 e. The molecule has 1 fully saturated rings. The lowest BCUT2D eigenvalue weighted by Crippen LogP contribution is -2.35. The van der Waals surface area contributed by atoms with Crippen LogP contribution in [0.4, 0.5) is 10.1 Å². The average Bonchev–Trinajstić information content (AvgIpc) is 2.77. The highest BCUT2D eigenvalue weighted by Crippen LogP contribution is 2.23. The fourth-order valence-electron chi connectivity index (χ4n) is 3.10. The van der Waals surface area contributed by atoms with Gasteiger partial charge in [0.05, 0.1) is 31.1 Å². The number of esters is 1. The van der Waals surface area contributed by atoms with Crippen molar-refractivity contribution in [3.8, 4) is 0 Å². The van der Waals surface area contributed by atoms with Crippen molar-refractivity contribution in [1.82, 2.24) is 4.90 Å². The van der Waals surface area contributed by atoms with Gasteiger partial charge in [0.1, 0.15) is 17.1 Å². The molecule has 0 spiro atoms. The van der Waals surface area contributed by atoms with Gasteiger partial charge in [0, 0.05) is 30.9 Å². The van der Waals surface area contributed by atoms with Crippen LogP contribution in [0.25, 0.3) is 5.76 Å². The van der Waals surface area contributed by atoms with E-state index < -0.39 is 17.5 Å². The van der Waals surface area contributed by atoms with Gasteiger partial charge in [-0.3, -0.25) is 9.89 Å². The van der Waals surface area contributed by atoms with Crippen LogP contribution in [0.5, 0.6) is 0 Å². The lowest BCUT2D eigenvalue weighted by atomic mass is 10.0. The van der Waals surface area contributed by atoms with E-state index in [2.05, 4.69) is 9.89 Å². The molecule has 1 aliphatic heterocycles. The number of carbonyl (C=O) groups excluding carboxylic acids is 1. The van der Waals surface area contributed by atoms with Gasteiger partial charge >= 0.3 is 5.97 Å². The number of benzene rings is 2. The van der Waals surface area contributed by atoms with Crippen molar-refractivity contribution in [2.45, 2.75) is 13.5 Å². The second kappa shape index (κ2) is 11.0. The van der Waals surface area contributed by atoms with Gasteiger partial charge in [-0.1, -0.05) is 17.7 Å². The summed E-state index contributed by atoms with van der Waals surface area (Å²) in [7, 11) is 0. The molecular weight excluding hydrogens is 423 g/mol. The summed E-state index contributed by atoms with van der Waals surface area (Å²) in [5, 5.41) is 11.3. The molecule has 1 saturated heterocycles. The number of ether oxygens (including phenoxy) is 2. The summed E-state index contributed by atoms with van der Waals surface area (Å²) in [5.41, 5.74) is 0.999. The maximum absolute atomic E-state index is 14.6. The number of hydrogen-bond acceptors (Lipinski definition) is 6. The van der Waals surface area contributed by atoms with E-state index in [1.807, 2.05) is 0 Å². The maximum atomic E-state index is 14.6. The normalized spacial score (nSPS) is 15.7. The Kier molecular flexibility index (Phi) is 8.17. The highest BCUT2D eigenvalue weighted by molar-refractivity contribution is 6.30. The molecule has 2 aromatic rings. The predicted octanol–water partition coefficient (Wildman–Crippen LogP) is 4.55. The zero-order chi connectivity index (χ0) is 22.2. The molecule has 1 heterocycles. The molecule has 0 unspecified atom stereocenters. The fourth-order valence-corrected chi connectivity index (χ4v) is 3.23. The summed E-state index contributed by atoms with van der Waals surface area (Å²) in [6.45, 7) is 5.17. The van der Waals surface area contributed by atoms with Gasteiger partial charge in [-0.05, 0) is 48.9 Å². The van der Waals surface area contributed by atoms with Crippen molar-refractivity contribution in [2.75, 3.05) is 32.9 Å². The van der Waals surface area contributed by atoms with E-state index in [-0.39, 0.29) is 17.7 Å². The summed E-state index contributed by atoms with van der Waals surface area (Å²) in [6, 6.07) is 11.1. The molecule has 0 atom stereocenters. The molecule has 1 N–H and O–H groups in total. The summed E-state index contributed by atoms with van der Waals surface area (Å²) in [6.07, 6.45) is 1.17. The molecule has 8 heteroatoms. The topological polar surface area (TPSA) is 71.4 Å². The molecule has 6 nitrogen and oxygen atoms in total. The highest BCUT2D eigenvalue weighted by atomic mass is 35.5. The van der Waals surface area contributed by atoms with Gasteiger partial charge < -0.3 is 14.6 Å². The van der Waals surface area contributed by atoms with E-state index in [9.17, 15) is 14.3 Å². The molecule has 164 valence electrons. The van der Waals surface area contributed by atoms with E-state index >= 15 is 0 Å². The second-order valence-electron chi connectivity index (χ2n) is 6.92. The smallest absolute Gasteiger partial charge is 0.343 e. The van der Waals surface area contributed by atoms with Crippen molar-refractivity contribution in [3.05, 3.63) is 70.0 Å². The first-order valence-corrected chi connectivity index (χ1v) is 10.3. The predicted molar refractivity (Wildman–Crippen MR) is 118 cm³/mol. The van der Waals surface area contributed by atoms with Gasteiger partial charge in [-0.15, -0.1) is 0 Å². The van der Waals surface area contributed by atoms with Crippen LogP contribution in [0.2, 0.25) is 5.02 Å². The van der Waals surface area contributed by atoms with E-state index in [1.165, 1.54) is 18.3 Å². The first kappa shape index (κ1) is 22.9. The van der Waals surface area contributed by atoms with Crippen LogP contribution in [0, 0.1) is 5.82 Å². The number of aliphatic hydroxyl groups excluding tert-OH is 1. The average molecular weight is 447 g/mol. The zero-order valence-corrected chi connectivity index (χ0v) is 17.9. The van der Waals surface area contributed by atoms with Gasteiger partial charge in [0.25, 0.3) is 0 Å². The van der Waals surface area contributed by atoms with Gasteiger partial charge in [-0.2, -0.15) is 0 Å². The number of aliphatic hydroxyl groups is 1. The first-order valence-electron chi connectivity index (χ1n) is 9.97. The molecular formula is C23H24ClFN2O4. The Bertz CT molecular complexity index is 970. The monoisotopic (exact) mass is 446 g/mol. The van der Waals surface area contributed by atoms with Crippen LogP contribution in [0.15, 0.2) is 53.0 Å². The molecule has 0 bridgehead atoms. The molecule has 0 aromatic heterocycles. The van der Waals surface area contributed by atoms with Crippen LogP contribution < -0.4 is 0 Å². The van der Waals surface area contributed by atoms with Gasteiger partial charge in [0.15, 0.2) is 0 Å². The number of morpholine rings is 1. The quantitative estimate of drug-likeness (QED) is 0.292. The summed E-state index contributed by atoms with van der Waals surface area (Å²) in [4.78, 5) is 18.8. The Labute approximate surface area is 185 Å². The van der Waals surface area contributed by atoms with Crippen molar-refractivity contribution in [1.29, 1.82) is 0 Å². The number of rotatable bonds is 7. The minimum atomic E-state index is -0.796. The number of aliphatic imine (C=N–C) groups is 1. The summed E-state index contributed by atoms with van der Waals surface area (Å²) < 4.78 is 25.0. The molecule has 1 aliphatic rings. The van der Waals surface area contributed by atoms with E-state index in [0.29, 0.717) is 30.5 Å². The van der Waals surface area contributed by atoms with Crippen molar-refractivity contribution < 1.29 is 23.8 Å². The number of nitrogens with zero attached hydrogens (tertiary/aromatic N) is 2. The zero-order valence-electron chi connectivity index (χ0n) is 17.2. The van der Waals surface area contributed by atoms with E-state index in [0.717, 1.165) is 18.7 Å². The molecule has 0 saturated carbocycles. The first-order chi connectivity index (χ1) is 15.0. The van der Waals surface area contributed by atoms with Crippen LogP contribution in [-0.4, -0.2) is 55.1 Å². The minimum absolute atomic E-state index is 0.0867. The van der Waals surface area contributed by atoms with Crippen LogP contribution in [0.3, 0.4) is 0 Å². The summed E-state index contributed by atoms with van der Waals surface area (Å²) >= 11 is 5.87. The van der Waals surface area contributed by atoms with Gasteiger partial charge in [-0.25, -0.2) is 9.18 Å². The molecule has 0 amide bonds. The van der Waals surface area contributed by atoms with Crippen molar-refractivity contribution in [3.63, 3.8) is 0 Å². The van der Waals surface area contributed by atoms with Crippen LogP contribution >= 0.6 is 11.6 Å². The lowest BCUT2D eigenvalue weighted by Gasteiger charge is -2.26. The Morgan fingerprint density at radius 3 is 2.65 bits per heavy atom. The number of hydrogen-bond donors (Lipinski definition) is 1. The fraction of sp³-hybridized carbons (Fsp3) is 0.304. The second-order valence-corrected chi connectivity index (χ2v) is 7.36. The molecule has 2 aromatic carbocycles. The SMILES string of the molecule is CCOC(=O)C(C=Nc1ccc(Cl)cc1)=C(O)c1cc(CN2CCOCC2)ccc1F. The molecule has 31 heavy (non-hydrogen) atoms. The van der Waals surface area contributed by atoms with Gasteiger partial charge in [0.2, 0.25) is 0 Å². The van der Waals surface area contributed by atoms with E-state index in [4.69, 9.17) is 21.1 Å². The lowest BCUT2D eigenvalue weighted by molar-refractivity contribution is -0.137. The van der Waals surface area contributed by atoms with Crippen molar-refractivity contribution in [2.24, 2.45) is 4.99 Å². The third kappa shape index (κ3) is 6.37. The third-order valence-corrected chi connectivity index (χ3v) is 4.97. The third-order valence-electron chi connectivity index (χ3n) is 4.72. The van der Waals surface area contributed by atoms with Crippen molar-refractivity contribution >= 4 is 35.2 Å². The minimum Gasteiger partial charge on any atom is -0.506 e. The number of halogens is 2. The Morgan fingerprint density at radius 2 is 1.97 bits per heavy atom. The molecule has 0 radical (unpaired) electrons. The van der Waals surface area contributed by atoms with Crippen LogP contribution in [0.1, 0.15) is 18.1 Å². The molecule has 3 rings (SSSR count). The maximum Gasteiger partial charge on any atom is 0.343 e. The Hall–Kier alpha value is -2.74. The highest BCUT2D eigenvalue weighted by Gasteiger charge is 2.20. The summed E-state index contributed by atoms with van der Waals surface area (Å²) in [5.74, 6) is -1.97. The standard InChI is InChI=1S/C23H24ClFN2O4/c1-2-31-23(29)20(14-26-18-6-4-17(24)5-7-18)22(28)19-13-16(3-8-21(19)25)15-27-9-11-30-12-10-27/h3-8,13-14,28H,2,9-12,15H2,1H3. The number of carbonyl (C=O) groups is 1. The molecule has 0 aliphatic carbocycles. The van der Waals surface area contributed by atoms with E-state index in [1.54, 1.807) is 37.3 Å². The van der Waals surface area contributed by atoms with Crippen LogP contribution in [-0.2, 0) is 20.8 Å². The Balaban J connectivity index is 1.94. The Morgan fingerprint density at radius 1 is 1.26 bits per heavy atom.